The molecule has 0 N–H and O–H groups in total. The minimum Gasteiger partial charge on any atom is -0.489 e. The number of para-hydroxylation sites is 1. The molecule has 0 amide bonds. The lowest BCUT2D eigenvalue weighted by atomic mass is 9.96. The second kappa shape index (κ2) is 10.5. The van der Waals surface area contributed by atoms with Crippen LogP contribution in [0.5, 0.6) is 5.75 Å². The molecule has 2 bridgehead atoms. The zero-order valence-electron chi connectivity index (χ0n) is 19.2. The van der Waals surface area contributed by atoms with Crippen LogP contribution in [0.2, 0.25) is 0 Å². The molecule has 0 saturated carbocycles. The normalized spacial score (nSPS) is 25.4. The van der Waals surface area contributed by atoms with Crippen molar-refractivity contribution >= 4 is 0 Å². The van der Waals surface area contributed by atoms with Crippen molar-refractivity contribution in [2.24, 2.45) is 0 Å². The van der Waals surface area contributed by atoms with Crippen LogP contribution in [0.25, 0.3) is 0 Å². The number of ether oxygens (including phenoxy) is 5. The van der Waals surface area contributed by atoms with Crippen molar-refractivity contribution < 1.29 is 23.7 Å². The van der Waals surface area contributed by atoms with E-state index in [1.54, 1.807) is 6.08 Å². The third-order valence-electron chi connectivity index (χ3n) is 6.31. The van der Waals surface area contributed by atoms with Gasteiger partial charge >= 0.3 is 0 Å². The van der Waals surface area contributed by atoms with E-state index in [2.05, 4.69) is 30.8 Å². The first-order valence-corrected chi connectivity index (χ1v) is 11.7. The second-order valence-corrected chi connectivity index (χ2v) is 8.71. The van der Waals surface area contributed by atoms with Gasteiger partial charge in [-0.1, -0.05) is 91.5 Å². The average molecular weight is 459 g/mol. The summed E-state index contributed by atoms with van der Waals surface area (Å²) in [6.07, 6.45) is 0.911. The predicted octanol–water partition coefficient (Wildman–Crippen LogP) is 5.26. The maximum absolute atomic E-state index is 6.71. The highest BCUT2D eigenvalue weighted by Crippen LogP contribution is 2.50. The van der Waals surface area contributed by atoms with Crippen LogP contribution in [-0.4, -0.2) is 37.6 Å². The molecule has 34 heavy (non-hydrogen) atoms. The van der Waals surface area contributed by atoms with Crippen LogP contribution < -0.4 is 4.74 Å². The van der Waals surface area contributed by atoms with E-state index in [4.69, 9.17) is 23.7 Å². The zero-order chi connectivity index (χ0) is 23.2. The Kier molecular flexibility index (Phi) is 7.07. The molecule has 5 rings (SSSR count). The fourth-order valence-electron chi connectivity index (χ4n) is 4.69. The highest BCUT2D eigenvalue weighted by atomic mass is 16.7. The van der Waals surface area contributed by atoms with Gasteiger partial charge in [-0.25, -0.2) is 0 Å². The van der Waals surface area contributed by atoms with Gasteiger partial charge in [0.05, 0.1) is 26.4 Å². The fourth-order valence-corrected chi connectivity index (χ4v) is 4.69. The SMILES string of the molecule is C=CCOc1ccccc1C1OC2(COCc3ccccc3)COC1C2OCc1ccccc1. The fraction of sp³-hybridized carbons (Fsp3) is 0.310. The smallest absolute Gasteiger partial charge is 0.144 e. The summed E-state index contributed by atoms with van der Waals surface area (Å²) in [6, 6.07) is 28.2. The van der Waals surface area contributed by atoms with Crippen molar-refractivity contribution in [1.82, 2.24) is 0 Å². The van der Waals surface area contributed by atoms with Crippen LogP contribution in [0.1, 0.15) is 22.8 Å². The highest BCUT2D eigenvalue weighted by Gasteiger charge is 2.63. The summed E-state index contributed by atoms with van der Waals surface area (Å²) < 4.78 is 31.5. The van der Waals surface area contributed by atoms with Crippen LogP contribution in [0.15, 0.2) is 97.6 Å². The van der Waals surface area contributed by atoms with E-state index in [0.29, 0.717) is 33.0 Å². The standard InChI is InChI=1S/C29H30O5/c1-2-17-31-25-16-10-9-15-24(25)26-27-28(32-19-23-13-7-4-8-14-23)29(34-26,21-33-27)20-30-18-22-11-5-3-6-12-22/h2-16,26-28H,1,17-21H2. The van der Waals surface area contributed by atoms with Crippen molar-refractivity contribution in [2.75, 3.05) is 19.8 Å². The molecule has 0 aromatic heterocycles. The summed E-state index contributed by atoms with van der Waals surface area (Å²) in [4.78, 5) is 0. The van der Waals surface area contributed by atoms with Gasteiger partial charge < -0.3 is 23.7 Å². The minimum absolute atomic E-state index is 0.252. The molecule has 0 spiro atoms. The molecule has 2 aliphatic rings. The summed E-state index contributed by atoms with van der Waals surface area (Å²) in [5, 5.41) is 0. The third kappa shape index (κ3) is 4.79. The first-order chi connectivity index (χ1) is 16.8. The maximum atomic E-state index is 6.71. The Bertz CT molecular complexity index is 1070. The largest absolute Gasteiger partial charge is 0.489 e. The van der Waals surface area contributed by atoms with Gasteiger partial charge in [-0.3, -0.25) is 0 Å². The molecule has 2 fully saturated rings. The van der Waals surface area contributed by atoms with Gasteiger partial charge in [-0.05, 0) is 17.2 Å². The Balaban J connectivity index is 1.37. The molecular weight excluding hydrogens is 428 g/mol. The molecule has 2 heterocycles. The van der Waals surface area contributed by atoms with E-state index >= 15 is 0 Å². The number of fused-ring (bicyclic) bond motifs is 2. The van der Waals surface area contributed by atoms with Gasteiger partial charge in [0.1, 0.15) is 36.3 Å². The average Bonchev–Trinajstić information content (AvgIpc) is 3.39. The molecule has 5 heteroatoms. The molecule has 0 aliphatic carbocycles. The van der Waals surface area contributed by atoms with Crippen LogP contribution in [0.4, 0.5) is 0 Å². The molecule has 2 aliphatic heterocycles. The van der Waals surface area contributed by atoms with E-state index in [1.807, 2.05) is 60.7 Å². The van der Waals surface area contributed by atoms with Gasteiger partial charge in [-0.15, -0.1) is 0 Å². The van der Waals surface area contributed by atoms with E-state index < -0.39 is 5.60 Å². The summed E-state index contributed by atoms with van der Waals surface area (Å²) in [5.74, 6) is 0.769. The van der Waals surface area contributed by atoms with Crippen molar-refractivity contribution in [2.45, 2.75) is 37.1 Å². The number of hydrogen-bond acceptors (Lipinski definition) is 5. The lowest BCUT2D eigenvalue weighted by molar-refractivity contribution is -0.176. The highest BCUT2D eigenvalue weighted by molar-refractivity contribution is 5.38. The van der Waals surface area contributed by atoms with Gasteiger partial charge in [0.25, 0.3) is 0 Å². The lowest BCUT2D eigenvalue weighted by Crippen LogP contribution is -2.46. The summed E-state index contributed by atoms with van der Waals surface area (Å²) in [7, 11) is 0. The number of rotatable bonds is 11. The van der Waals surface area contributed by atoms with Crippen LogP contribution in [0.3, 0.4) is 0 Å². The number of hydrogen-bond donors (Lipinski definition) is 0. The first-order valence-electron chi connectivity index (χ1n) is 11.7. The molecule has 0 radical (unpaired) electrons. The van der Waals surface area contributed by atoms with Crippen LogP contribution >= 0.6 is 0 Å². The van der Waals surface area contributed by atoms with E-state index in [-0.39, 0.29) is 18.3 Å². The maximum Gasteiger partial charge on any atom is 0.144 e. The Morgan fingerprint density at radius 1 is 0.882 bits per heavy atom. The van der Waals surface area contributed by atoms with Crippen molar-refractivity contribution in [3.63, 3.8) is 0 Å². The van der Waals surface area contributed by atoms with Crippen molar-refractivity contribution in [3.8, 4) is 5.75 Å². The first kappa shape index (κ1) is 22.8. The molecule has 3 aromatic rings. The molecule has 4 unspecified atom stereocenters. The Morgan fingerprint density at radius 2 is 1.56 bits per heavy atom. The summed E-state index contributed by atoms with van der Waals surface area (Å²) in [5.41, 5.74) is 2.49. The Hall–Kier alpha value is -2.96. The topological polar surface area (TPSA) is 46.2 Å². The number of benzene rings is 3. The summed E-state index contributed by atoms with van der Waals surface area (Å²) in [6.45, 7) is 5.98. The molecule has 5 nitrogen and oxygen atoms in total. The summed E-state index contributed by atoms with van der Waals surface area (Å²) >= 11 is 0. The molecule has 3 aromatic carbocycles. The van der Waals surface area contributed by atoms with E-state index in [9.17, 15) is 0 Å². The second-order valence-electron chi connectivity index (χ2n) is 8.71. The molecule has 176 valence electrons. The predicted molar refractivity (Wildman–Crippen MR) is 130 cm³/mol. The van der Waals surface area contributed by atoms with Gasteiger partial charge in [0, 0.05) is 5.56 Å². The van der Waals surface area contributed by atoms with Crippen molar-refractivity contribution in [1.29, 1.82) is 0 Å². The molecular formula is C29H30O5. The van der Waals surface area contributed by atoms with Gasteiger partial charge in [0.2, 0.25) is 0 Å². The zero-order valence-corrected chi connectivity index (χ0v) is 19.2. The van der Waals surface area contributed by atoms with E-state index in [0.717, 1.165) is 22.4 Å². The Morgan fingerprint density at radius 3 is 2.29 bits per heavy atom. The van der Waals surface area contributed by atoms with Crippen LogP contribution in [-0.2, 0) is 32.2 Å². The lowest BCUT2D eigenvalue weighted by Gasteiger charge is -2.31. The van der Waals surface area contributed by atoms with Crippen LogP contribution in [0, 0.1) is 0 Å². The van der Waals surface area contributed by atoms with Crippen molar-refractivity contribution in [3.05, 3.63) is 114 Å². The molecule has 2 saturated heterocycles. The van der Waals surface area contributed by atoms with Gasteiger partial charge in [-0.2, -0.15) is 0 Å². The molecule has 4 atom stereocenters. The third-order valence-corrected chi connectivity index (χ3v) is 6.31. The Labute approximate surface area is 200 Å². The quantitative estimate of drug-likeness (QED) is 0.367. The van der Waals surface area contributed by atoms with E-state index in [1.165, 1.54) is 0 Å². The minimum atomic E-state index is -0.690. The van der Waals surface area contributed by atoms with Gasteiger partial charge in [0.15, 0.2) is 0 Å². The monoisotopic (exact) mass is 458 g/mol.